The Morgan fingerprint density at radius 3 is 2.00 bits per heavy atom. The van der Waals surface area contributed by atoms with Crippen molar-refractivity contribution >= 4 is 17.5 Å². The van der Waals surface area contributed by atoms with E-state index in [0.29, 0.717) is 11.4 Å². The van der Waals surface area contributed by atoms with Gasteiger partial charge in [0.05, 0.1) is 17.5 Å². The molecule has 2 amide bonds. The number of carbonyl (C=O) groups excluding carboxylic acids is 2. The maximum Gasteiger partial charge on any atom is 0.238 e. The van der Waals surface area contributed by atoms with Gasteiger partial charge in [-0.3, -0.25) is 14.5 Å². The number of amides is 2. The first kappa shape index (κ1) is 16.3. The van der Waals surface area contributed by atoms with Gasteiger partial charge in [-0.2, -0.15) is 0 Å². The number of imide groups is 1. The zero-order chi connectivity index (χ0) is 18.7. The molecule has 2 bridgehead atoms. The summed E-state index contributed by atoms with van der Waals surface area (Å²) in [6, 6.07) is 13.2. The van der Waals surface area contributed by atoms with E-state index in [1.165, 1.54) is 16.0 Å². The zero-order valence-corrected chi connectivity index (χ0v) is 15.4. The van der Waals surface area contributed by atoms with Crippen molar-refractivity contribution in [3.63, 3.8) is 0 Å². The van der Waals surface area contributed by atoms with E-state index in [1.807, 2.05) is 30.3 Å². The molecule has 1 saturated carbocycles. The van der Waals surface area contributed by atoms with E-state index < -0.39 is 0 Å². The highest BCUT2D eigenvalue weighted by Crippen LogP contribution is 2.53. The van der Waals surface area contributed by atoms with Crippen LogP contribution in [0.25, 0.3) is 0 Å². The molecule has 4 heteroatoms. The van der Waals surface area contributed by atoms with Crippen molar-refractivity contribution in [3.8, 4) is 11.5 Å². The van der Waals surface area contributed by atoms with Crippen LogP contribution in [0.15, 0.2) is 54.6 Å². The minimum absolute atomic E-state index is 0.0512. The monoisotopic (exact) mass is 359 g/mol. The molecule has 0 spiro atoms. The predicted octanol–water partition coefficient (Wildman–Crippen LogP) is 4.41. The molecule has 4 nitrogen and oxygen atoms in total. The van der Waals surface area contributed by atoms with Gasteiger partial charge in [0.1, 0.15) is 11.5 Å². The van der Waals surface area contributed by atoms with Crippen LogP contribution < -0.4 is 9.64 Å². The summed E-state index contributed by atoms with van der Waals surface area (Å²) in [6.07, 6.45) is 5.17. The van der Waals surface area contributed by atoms with Gasteiger partial charge in [-0.25, -0.2) is 0 Å². The number of allylic oxidation sites excluding steroid dienone is 2. The first-order valence-electron chi connectivity index (χ1n) is 9.44. The molecule has 2 fully saturated rings. The molecular weight excluding hydrogens is 338 g/mol. The van der Waals surface area contributed by atoms with Crippen molar-refractivity contribution in [2.45, 2.75) is 20.3 Å². The number of nitrogens with zero attached hydrogens (tertiary/aromatic N) is 1. The van der Waals surface area contributed by atoms with Gasteiger partial charge in [0, 0.05) is 0 Å². The molecule has 0 radical (unpaired) electrons. The Hall–Kier alpha value is -2.88. The van der Waals surface area contributed by atoms with E-state index in [0.717, 1.165) is 12.2 Å². The highest BCUT2D eigenvalue weighted by Gasteiger charge is 2.59. The van der Waals surface area contributed by atoms with Crippen molar-refractivity contribution in [1.29, 1.82) is 0 Å². The molecule has 136 valence electrons. The molecule has 5 rings (SSSR count). The number of hydrogen-bond donors (Lipinski definition) is 0. The van der Waals surface area contributed by atoms with Crippen molar-refractivity contribution in [2.75, 3.05) is 4.90 Å². The van der Waals surface area contributed by atoms with E-state index in [4.69, 9.17) is 4.74 Å². The molecule has 2 aromatic carbocycles. The van der Waals surface area contributed by atoms with Crippen molar-refractivity contribution in [2.24, 2.45) is 23.7 Å². The number of rotatable bonds is 3. The number of aryl methyl sites for hydroxylation is 2. The van der Waals surface area contributed by atoms with E-state index in [-0.39, 0.29) is 35.5 Å². The summed E-state index contributed by atoms with van der Waals surface area (Å²) in [6.45, 7) is 4.11. The average molecular weight is 359 g/mol. The number of fused-ring (bicyclic) bond motifs is 5. The van der Waals surface area contributed by atoms with Crippen molar-refractivity contribution < 1.29 is 14.3 Å². The number of ether oxygens (including phenoxy) is 1. The lowest BCUT2D eigenvalue weighted by Crippen LogP contribution is -2.32. The van der Waals surface area contributed by atoms with E-state index in [9.17, 15) is 9.59 Å². The first-order valence-corrected chi connectivity index (χ1v) is 9.44. The number of benzene rings is 2. The SMILES string of the molecule is Cc1ccc(Oc2ccc(N3C(=O)[C@@H]4[C@@H](C3=O)[C@H]3C=C[C@H]4C3)cc2)cc1C. The molecule has 1 aliphatic heterocycles. The molecule has 27 heavy (non-hydrogen) atoms. The van der Waals surface area contributed by atoms with Crippen LogP contribution in [0.4, 0.5) is 5.69 Å². The third-order valence-electron chi connectivity index (χ3n) is 6.28. The van der Waals surface area contributed by atoms with Gasteiger partial charge >= 0.3 is 0 Å². The second-order valence-electron chi connectivity index (χ2n) is 7.85. The Morgan fingerprint density at radius 2 is 1.41 bits per heavy atom. The van der Waals surface area contributed by atoms with Crippen LogP contribution in [0.3, 0.4) is 0 Å². The standard InChI is InChI=1S/C23H21NO3/c1-13-3-8-19(11-14(13)2)27-18-9-6-17(7-10-18)24-22(25)20-15-4-5-16(12-15)21(20)23(24)26/h3-11,15-16,20-21H,12H2,1-2H3/t15-,16-,20-,21-/m0/s1. The van der Waals surface area contributed by atoms with Crippen LogP contribution >= 0.6 is 0 Å². The Kier molecular flexibility index (Phi) is 3.51. The van der Waals surface area contributed by atoms with Crippen molar-refractivity contribution in [1.82, 2.24) is 0 Å². The minimum atomic E-state index is -0.168. The molecule has 4 atom stereocenters. The minimum Gasteiger partial charge on any atom is -0.457 e. The molecule has 0 unspecified atom stereocenters. The molecule has 3 aliphatic rings. The summed E-state index contributed by atoms with van der Waals surface area (Å²) in [5, 5.41) is 0. The fourth-order valence-corrected chi connectivity index (χ4v) is 4.73. The Labute approximate surface area is 158 Å². The lowest BCUT2D eigenvalue weighted by atomic mass is 9.85. The lowest BCUT2D eigenvalue weighted by molar-refractivity contribution is -0.123. The third kappa shape index (κ3) is 2.43. The van der Waals surface area contributed by atoms with E-state index in [1.54, 1.807) is 12.1 Å². The smallest absolute Gasteiger partial charge is 0.238 e. The Morgan fingerprint density at radius 1 is 0.815 bits per heavy atom. The largest absolute Gasteiger partial charge is 0.457 e. The molecule has 1 saturated heterocycles. The van der Waals surface area contributed by atoms with Crippen molar-refractivity contribution in [3.05, 3.63) is 65.7 Å². The Balaban J connectivity index is 1.37. The summed E-state index contributed by atoms with van der Waals surface area (Å²) in [5.74, 6) is 1.48. The Bertz CT molecular complexity index is 946. The van der Waals surface area contributed by atoms with Crippen LogP contribution in [0, 0.1) is 37.5 Å². The van der Waals surface area contributed by atoms with Gasteiger partial charge < -0.3 is 4.74 Å². The summed E-state index contributed by atoms with van der Waals surface area (Å²) in [5.41, 5.74) is 3.02. The quantitative estimate of drug-likeness (QED) is 0.602. The van der Waals surface area contributed by atoms with Gasteiger partial charge in [-0.05, 0) is 79.6 Å². The normalized spacial score (nSPS) is 28.1. The first-order chi connectivity index (χ1) is 13.0. The molecule has 2 aromatic rings. The zero-order valence-electron chi connectivity index (χ0n) is 15.4. The van der Waals surface area contributed by atoms with Crippen LogP contribution in [0.2, 0.25) is 0 Å². The summed E-state index contributed by atoms with van der Waals surface area (Å²) in [4.78, 5) is 27.1. The maximum atomic E-state index is 12.9. The molecule has 0 N–H and O–H groups in total. The second kappa shape index (κ2) is 5.81. The van der Waals surface area contributed by atoms with Gasteiger partial charge in [0.15, 0.2) is 0 Å². The molecule has 0 aromatic heterocycles. The maximum absolute atomic E-state index is 12.9. The molecular formula is C23H21NO3. The fourth-order valence-electron chi connectivity index (χ4n) is 4.73. The predicted molar refractivity (Wildman–Crippen MR) is 103 cm³/mol. The lowest BCUT2D eigenvalue weighted by Gasteiger charge is -2.17. The van der Waals surface area contributed by atoms with Crippen LogP contribution in [0.1, 0.15) is 17.5 Å². The topological polar surface area (TPSA) is 46.6 Å². The summed E-state index contributed by atoms with van der Waals surface area (Å²) in [7, 11) is 0. The second-order valence-corrected chi connectivity index (χ2v) is 7.85. The van der Waals surface area contributed by atoms with Gasteiger partial charge in [-0.15, -0.1) is 0 Å². The highest BCUT2D eigenvalue weighted by molar-refractivity contribution is 6.22. The van der Waals surface area contributed by atoms with Crippen LogP contribution in [-0.4, -0.2) is 11.8 Å². The summed E-state index contributed by atoms with van der Waals surface area (Å²) >= 11 is 0. The van der Waals surface area contributed by atoms with Crippen LogP contribution in [-0.2, 0) is 9.59 Å². The van der Waals surface area contributed by atoms with E-state index >= 15 is 0 Å². The molecule has 1 heterocycles. The van der Waals surface area contributed by atoms with E-state index in [2.05, 4.69) is 26.0 Å². The molecule has 2 aliphatic carbocycles. The van der Waals surface area contributed by atoms with Gasteiger partial charge in [-0.1, -0.05) is 18.2 Å². The highest BCUT2D eigenvalue weighted by atomic mass is 16.5. The van der Waals surface area contributed by atoms with Gasteiger partial charge in [0.25, 0.3) is 0 Å². The fraction of sp³-hybridized carbons (Fsp3) is 0.304. The average Bonchev–Trinajstić information content (AvgIpc) is 3.33. The number of hydrogen-bond acceptors (Lipinski definition) is 3. The number of anilines is 1. The number of carbonyl (C=O) groups is 2. The summed E-state index contributed by atoms with van der Waals surface area (Å²) < 4.78 is 5.91. The van der Waals surface area contributed by atoms with Gasteiger partial charge in [0.2, 0.25) is 11.8 Å². The third-order valence-corrected chi connectivity index (χ3v) is 6.28. The van der Waals surface area contributed by atoms with Crippen LogP contribution in [0.5, 0.6) is 11.5 Å².